The summed E-state index contributed by atoms with van der Waals surface area (Å²) in [6.07, 6.45) is 0. The number of anilines is 1. The van der Waals surface area contributed by atoms with Crippen molar-refractivity contribution in [3.8, 4) is 17.6 Å². The second-order valence-electron chi connectivity index (χ2n) is 3.96. The Kier molecular flexibility index (Phi) is 4.49. The van der Waals surface area contributed by atoms with Gasteiger partial charge in [-0.1, -0.05) is 13.0 Å². The smallest absolute Gasteiger partial charge is 0.149 e. The van der Waals surface area contributed by atoms with Gasteiger partial charge in [-0.3, -0.25) is 0 Å². The summed E-state index contributed by atoms with van der Waals surface area (Å²) in [6, 6.07) is 11.7. The number of nitrogens with two attached hydrogens (primary N) is 1. The van der Waals surface area contributed by atoms with Crippen LogP contribution in [-0.4, -0.2) is 5.75 Å². The molecule has 0 radical (unpaired) electrons. The van der Waals surface area contributed by atoms with Crippen LogP contribution in [0.2, 0.25) is 0 Å². The number of ether oxygens (including phenoxy) is 1. The number of benzene rings is 2. The molecule has 102 valence electrons. The number of hydrogen-bond acceptors (Lipinski definition) is 4. The Balaban J connectivity index is 2.35. The average molecular weight is 288 g/mol. The Hall–Kier alpha value is -2.19. The van der Waals surface area contributed by atoms with E-state index in [1.54, 1.807) is 23.9 Å². The molecule has 0 saturated carbocycles. The zero-order valence-corrected chi connectivity index (χ0v) is 11.7. The largest absolute Gasteiger partial charge is 0.456 e. The summed E-state index contributed by atoms with van der Waals surface area (Å²) in [6.45, 7) is 2.01. The molecule has 2 N–H and O–H groups in total. The van der Waals surface area contributed by atoms with Crippen LogP contribution in [0.1, 0.15) is 12.5 Å². The molecular formula is C15H13FN2OS. The molecular weight excluding hydrogens is 275 g/mol. The number of halogens is 1. The first-order chi connectivity index (χ1) is 9.65. The number of nitriles is 1. The molecule has 0 spiro atoms. The quantitative estimate of drug-likeness (QED) is 0.677. The molecule has 2 rings (SSSR count). The molecule has 0 fully saturated rings. The maximum atomic E-state index is 13.4. The van der Waals surface area contributed by atoms with Crippen molar-refractivity contribution < 1.29 is 9.13 Å². The van der Waals surface area contributed by atoms with Crippen molar-refractivity contribution in [3.63, 3.8) is 0 Å². The highest BCUT2D eigenvalue weighted by molar-refractivity contribution is 7.99. The van der Waals surface area contributed by atoms with Crippen molar-refractivity contribution in [2.45, 2.75) is 11.8 Å². The van der Waals surface area contributed by atoms with Gasteiger partial charge in [-0.2, -0.15) is 5.26 Å². The number of nitrogen functional groups attached to an aromatic ring is 1. The van der Waals surface area contributed by atoms with Gasteiger partial charge in [0.2, 0.25) is 0 Å². The Bertz CT molecular complexity index is 667. The lowest BCUT2D eigenvalue weighted by Crippen LogP contribution is -1.94. The fourth-order valence-electron chi connectivity index (χ4n) is 1.68. The first kappa shape index (κ1) is 14.2. The van der Waals surface area contributed by atoms with Gasteiger partial charge in [0.25, 0.3) is 0 Å². The van der Waals surface area contributed by atoms with E-state index >= 15 is 0 Å². The van der Waals surface area contributed by atoms with E-state index in [9.17, 15) is 9.65 Å². The van der Waals surface area contributed by atoms with Crippen LogP contribution in [0.15, 0.2) is 41.3 Å². The highest BCUT2D eigenvalue weighted by Crippen LogP contribution is 2.32. The highest BCUT2D eigenvalue weighted by Gasteiger charge is 2.11. The molecule has 20 heavy (non-hydrogen) atoms. The maximum absolute atomic E-state index is 13.4. The molecule has 0 aliphatic rings. The van der Waals surface area contributed by atoms with Crippen LogP contribution in [0.4, 0.5) is 10.1 Å². The molecule has 0 atom stereocenters. The van der Waals surface area contributed by atoms with Crippen molar-refractivity contribution in [2.75, 3.05) is 11.5 Å². The van der Waals surface area contributed by atoms with Crippen LogP contribution in [0.5, 0.6) is 11.5 Å². The van der Waals surface area contributed by atoms with Crippen LogP contribution in [0.25, 0.3) is 0 Å². The van der Waals surface area contributed by atoms with Gasteiger partial charge in [0.15, 0.2) is 0 Å². The van der Waals surface area contributed by atoms with Crippen LogP contribution in [0.3, 0.4) is 0 Å². The van der Waals surface area contributed by atoms with Gasteiger partial charge in [-0.05, 0) is 30.0 Å². The monoisotopic (exact) mass is 288 g/mol. The second-order valence-corrected chi connectivity index (χ2v) is 5.27. The van der Waals surface area contributed by atoms with Crippen LogP contribution >= 0.6 is 11.8 Å². The number of thioether (sulfide) groups is 1. The van der Waals surface area contributed by atoms with Gasteiger partial charge in [0.05, 0.1) is 5.69 Å². The normalized spacial score (nSPS) is 10.1. The van der Waals surface area contributed by atoms with Gasteiger partial charge in [-0.25, -0.2) is 4.39 Å². The topological polar surface area (TPSA) is 59.0 Å². The lowest BCUT2D eigenvalue weighted by atomic mass is 10.2. The summed E-state index contributed by atoms with van der Waals surface area (Å²) in [5, 5.41) is 9.27. The second kappa shape index (κ2) is 6.31. The minimum atomic E-state index is -0.542. The van der Waals surface area contributed by atoms with Gasteiger partial charge >= 0.3 is 0 Å². The van der Waals surface area contributed by atoms with Gasteiger partial charge in [0.1, 0.15) is 28.9 Å². The third-order valence-corrected chi connectivity index (χ3v) is 3.54. The van der Waals surface area contributed by atoms with Crippen LogP contribution < -0.4 is 10.5 Å². The zero-order valence-electron chi connectivity index (χ0n) is 10.9. The molecule has 5 heteroatoms. The minimum Gasteiger partial charge on any atom is -0.456 e. The van der Waals surface area contributed by atoms with Crippen molar-refractivity contribution in [3.05, 3.63) is 47.8 Å². The maximum Gasteiger partial charge on any atom is 0.149 e. The number of nitrogens with zero attached hydrogens (tertiary/aromatic N) is 1. The predicted octanol–water partition coefficient (Wildman–Crippen LogP) is 4.18. The Morgan fingerprint density at radius 3 is 2.80 bits per heavy atom. The van der Waals surface area contributed by atoms with Gasteiger partial charge in [0, 0.05) is 11.0 Å². The van der Waals surface area contributed by atoms with Gasteiger partial charge in [-0.15, -0.1) is 11.8 Å². The van der Waals surface area contributed by atoms with E-state index < -0.39 is 5.82 Å². The standard InChI is InChI=1S/C15H13FN2OS/c1-2-20-15-5-3-4-14(11(15)9-17)19-10-6-7-13(18)12(16)8-10/h3-8H,2,18H2,1H3. The molecule has 2 aromatic carbocycles. The first-order valence-corrected chi connectivity index (χ1v) is 7.03. The minimum absolute atomic E-state index is 0.0631. The van der Waals surface area contributed by atoms with Crippen molar-refractivity contribution in [1.82, 2.24) is 0 Å². The molecule has 0 unspecified atom stereocenters. The summed E-state index contributed by atoms with van der Waals surface area (Å²) in [7, 11) is 0. The van der Waals surface area contributed by atoms with E-state index in [0.717, 1.165) is 10.6 Å². The first-order valence-electron chi connectivity index (χ1n) is 6.04. The molecule has 0 aliphatic carbocycles. The summed E-state index contributed by atoms with van der Waals surface area (Å²) in [5.41, 5.74) is 5.93. The molecule has 0 bridgehead atoms. The molecule has 0 amide bonds. The van der Waals surface area contributed by atoms with Crippen molar-refractivity contribution >= 4 is 17.4 Å². The molecule has 2 aromatic rings. The van der Waals surface area contributed by atoms with Gasteiger partial charge < -0.3 is 10.5 Å². The van der Waals surface area contributed by atoms with E-state index in [2.05, 4.69) is 6.07 Å². The van der Waals surface area contributed by atoms with E-state index in [1.165, 1.54) is 12.1 Å². The Labute approximate surface area is 121 Å². The molecule has 0 aromatic heterocycles. The SMILES string of the molecule is CCSc1cccc(Oc2ccc(N)c(F)c2)c1C#N. The summed E-state index contributed by atoms with van der Waals surface area (Å²) in [4.78, 5) is 0.850. The Morgan fingerprint density at radius 2 is 2.15 bits per heavy atom. The summed E-state index contributed by atoms with van der Waals surface area (Å²) < 4.78 is 19.0. The molecule has 0 aliphatic heterocycles. The average Bonchev–Trinajstić information content (AvgIpc) is 2.44. The molecule has 3 nitrogen and oxygen atoms in total. The zero-order chi connectivity index (χ0) is 14.5. The molecule has 0 heterocycles. The summed E-state index contributed by atoms with van der Waals surface area (Å²) >= 11 is 1.56. The van der Waals surface area contributed by atoms with Crippen LogP contribution in [-0.2, 0) is 0 Å². The number of hydrogen-bond donors (Lipinski definition) is 1. The van der Waals surface area contributed by atoms with Crippen LogP contribution in [0, 0.1) is 17.1 Å². The third-order valence-electron chi connectivity index (χ3n) is 2.60. The van der Waals surface area contributed by atoms with Crippen molar-refractivity contribution in [1.29, 1.82) is 5.26 Å². The fraction of sp³-hybridized carbons (Fsp3) is 0.133. The van der Waals surface area contributed by atoms with E-state index in [-0.39, 0.29) is 5.69 Å². The lowest BCUT2D eigenvalue weighted by molar-refractivity contribution is 0.474. The number of rotatable bonds is 4. The predicted molar refractivity (Wildman–Crippen MR) is 78.4 cm³/mol. The Morgan fingerprint density at radius 1 is 1.35 bits per heavy atom. The highest BCUT2D eigenvalue weighted by atomic mass is 32.2. The third kappa shape index (κ3) is 3.03. The van der Waals surface area contributed by atoms with Crippen molar-refractivity contribution in [2.24, 2.45) is 0 Å². The lowest BCUT2D eigenvalue weighted by Gasteiger charge is -2.10. The fourth-order valence-corrected chi connectivity index (χ4v) is 2.46. The van der Waals surface area contributed by atoms with E-state index in [4.69, 9.17) is 10.5 Å². The van der Waals surface area contributed by atoms with E-state index in [1.807, 2.05) is 19.1 Å². The van der Waals surface area contributed by atoms with E-state index in [0.29, 0.717) is 17.1 Å². The summed E-state index contributed by atoms with van der Waals surface area (Å²) in [5.74, 6) is 1.04. The molecule has 0 saturated heterocycles.